The predicted octanol–water partition coefficient (Wildman–Crippen LogP) is 2.90. The van der Waals surface area contributed by atoms with Crippen LogP contribution in [0.1, 0.15) is 11.8 Å². The van der Waals surface area contributed by atoms with Gasteiger partial charge in [-0.15, -0.1) is 22.9 Å². The standard InChI is InChI=1S/C10H12ClN3S/c1-2-7-5-8-9(12-4-3-11)13-6-14-10(8)15-7/h5-6H,2-4H2,1H3,(H,12,13,14). The van der Waals surface area contributed by atoms with Crippen LogP contribution < -0.4 is 5.32 Å². The van der Waals surface area contributed by atoms with Crippen LogP contribution in [-0.4, -0.2) is 22.4 Å². The molecule has 0 saturated carbocycles. The van der Waals surface area contributed by atoms with E-state index in [1.807, 2.05) is 0 Å². The van der Waals surface area contributed by atoms with E-state index in [0.29, 0.717) is 5.88 Å². The first-order valence-electron chi connectivity index (χ1n) is 4.88. The molecule has 0 aliphatic heterocycles. The van der Waals surface area contributed by atoms with Crippen LogP contribution in [0.25, 0.3) is 10.2 Å². The fourth-order valence-electron chi connectivity index (χ4n) is 1.39. The zero-order valence-corrected chi connectivity index (χ0v) is 10.0. The zero-order chi connectivity index (χ0) is 10.7. The Kier molecular flexibility index (Phi) is 3.38. The Bertz CT molecular complexity index is 455. The van der Waals surface area contributed by atoms with Crippen LogP contribution in [-0.2, 0) is 6.42 Å². The molecule has 0 bridgehead atoms. The molecule has 0 spiro atoms. The largest absolute Gasteiger partial charge is 0.368 e. The van der Waals surface area contributed by atoms with Crippen LogP contribution in [0, 0.1) is 0 Å². The van der Waals surface area contributed by atoms with Gasteiger partial charge < -0.3 is 5.32 Å². The van der Waals surface area contributed by atoms with Crippen molar-refractivity contribution in [3.05, 3.63) is 17.3 Å². The van der Waals surface area contributed by atoms with Gasteiger partial charge in [-0.3, -0.25) is 0 Å². The van der Waals surface area contributed by atoms with Gasteiger partial charge in [-0.05, 0) is 12.5 Å². The van der Waals surface area contributed by atoms with Gasteiger partial charge in [0.1, 0.15) is 17.0 Å². The molecule has 0 aliphatic rings. The van der Waals surface area contributed by atoms with Crippen LogP contribution in [0.4, 0.5) is 5.82 Å². The van der Waals surface area contributed by atoms with Gasteiger partial charge in [0.25, 0.3) is 0 Å². The number of aryl methyl sites for hydroxylation is 1. The van der Waals surface area contributed by atoms with E-state index >= 15 is 0 Å². The molecule has 5 heteroatoms. The van der Waals surface area contributed by atoms with Crippen molar-refractivity contribution in [1.29, 1.82) is 0 Å². The summed E-state index contributed by atoms with van der Waals surface area (Å²) in [5.74, 6) is 1.47. The number of nitrogens with one attached hydrogen (secondary N) is 1. The highest BCUT2D eigenvalue weighted by molar-refractivity contribution is 7.18. The number of rotatable bonds is 4. The lowest BCUT2D eigenvalue weighted by molar-refractivity contribution is 1.15. The number of hydrogen-bond donors (Lipinski definition) is 1. The Morgan fingerprint density at radius 3 is 3.07 bits per heavy atom. The van der Waals surface area contributed by atoms with E-state index < -0.39 is 0 Å². The Morgan fingerprint density at radius 2 is 2.33 bits per heavy atom. The average Bonchev–Trinajstić information content (AvgIpc) is 2.69. The normalized spacial score (nSPS) is 10.8. The van der Waals surface area contributed by atoms with Crippen molar-refractivity contribution in [2.75, 3.05) is 17.7 Å². The lowest BCUT2D eigenvalue weighted by Crippen LogP contribution is -2.04. The highest BCUT2D eigenvalue weighted by Gasteiger charge is 2.06. The summed E-state index contributed by atoms with van der Waals surface area (Å²) in [4.78, 5) is 10.8. The van der Waals surface area contributed by atoms with Crippen molar-refractivity contribution in [2.45, 2.75) is 13.3 Å². The molecule has 0 amide bonds. The number of thiophene rings is 1. The Labute approximate surface area is 97.5 Å². The molecule has 1 N–H and O–H groups in total. The smallest absolute Gasteiger partial charge is 0.138 e. The Morgan fingerprint density at radius 1 is 1.47 bits per heavy atom. The van der Waals surface area contributed by atoms with Crippen LogP contribution in [0.3, 0.4) is 0 Å². The van der Waals surface area contributed by atoms with Crippen molar-refractivity contribution in [2.24, 2.45) is 0 Å². The number of nitrogens with zero attached hydrogens (tertiary/aromatic N) is 2. The summed E-state index contributed by atoms with van der Waals surface area (Å²) in [5, 5.41) is 4.30. The molecule has 0 atom stereocenters. The molecule has 2 heterocycles. The van der Waals surface area contributed by atoms with Gasteiger partial charge in [-0.1, -0.05) is 6.92 Å². The SMILES string of the molecule is CCc1cc2c(NCCCl)ncnc2s1. The molecular formula is C10H12ClN3S. The molecule has 3 nitrogen and oxygen atoms in total. The number of anilines is 1. The number of fused-ring (bicyclic) bond motifs is 1. The maximum Gasteiger partial charge on any atom is 0.138 e. The Hall–Kier alpha value is -0.870. The zero-order valence-electron chi connectivity index (χ0n) is 8.46. The summed E-state index contributed by atoms with van der Waals surface area (Å²) in [6.07, 6.45) is 2.63. The number of halogens is 1. The van der Waals surface area contributed by atoms with Gasteiger partial charge in [0, 0.05) is 17.3 Å². The number of hydrogen-bond acceptors (Lipinski definition) is 4. The summed E-state index contributed by atoms with van der Waals surface area (Å²) in [5.41, 5.74) is 0. The molecule has 15 heavy (non-hydrogen) atoms. The lowest BCUT2D eigenvalue weighted by Gasteiger charge is -2.02. The lowest BCUT2D eigenvalue weighted by atomic mass is 10.3. The number of aromatic nitrogens is 2. The minimum absolute atomic E-state index is 0.580. The Balaban J connectivity index is 2.40. The predicted molar refractivity (Wildman–Crippen MR) is 66.0 cm³/mol. The molecule has 0 unspecified atom stereocenters. The van der Waals surface area contributed by atoms with E-state index in [2.05, 4.69) is 28.3 Å². The summed E-state index contributed by atoms with van der Waals surface area (Å²) >= 11 is 7.35. The quantitative estimate of drug-likeness (QED) is 0.837. The highest BCUT2D eigenvalue weighted by atomic mass is 35.5. The summed E-state index contributed by atoms with van der Waals surface area (Å²) in [6, 6.07) is 2.15. The average molecular weight is 242 g/mol. The van der Waals surface area contributed by atoms with Crippen LogP contribution in [0.15, 0.2) is 12.4 Å². The van der Waals surface area contributed by atoms with Crippen LogP contribution >= 0.6 is 22.9 Å². The van der Waals surface area contributed by atoms with Crippen molar-refractivity contribution < 1.29 is 0 Å². The first-order chi connectivity index (χ1) is 7.35. The van der Waals surface area contributed by atoms with E-state index in [1.165, 1.54) is 4.88 Å². The maximum atomic E-state index is 5.63. The highest BCUT2D eigenvalue weighted by Crippen LogP contribution is 2.28. The van der Waals surface area contributed by atoms with Crippen molar-refractivity contribution in [1.82, 2.24) is 9.97 Å². The van der Waals surface area contributed by atoms with Crippen molar-refractivity contribution >= 4 is 39.0 Å². The first kappa shape index (κ1) is 10.6. The molecular weight excluding hydrogens is 230 g/mol. The minimum atomic E-state index is 0.580. The first-order valence-corrected chi connectivity index (χ1v) is 6.23. The molecule has 0 aliphatic carbocycles. The maximum absolute atomic E-state index is 5.63. The fourth-order valence-corrected chi connectivity index (χ4v) is 2.42. The molecule has 0 aromatic carbocycles. The topological polar surface area (TPSA) is 37.8 Å². The third-order valence-electron chi connectivity index (χ3n) is 2.12. The van der Waals surface area contributed by atoms with E-state index in [9.17, 15) is 0 Å². The van der Waals surface area contributed by atoms with E-state index in [-0.39, 0.29) is 0 Å². The fraction of sp³-hybridized carbons (Fsp3) is 0.400. The van der Waals surface area contributed by atoms with Gasteiger partial charge >= 0.3 is 0 Å². The molecule has 0 saturated heterocycles. The second-order valence-corrected chi connectivity index (χ2v) is 4.62. The van der Waals surface area contributed by atoms with Crippen LogP contribution in [0.2, 0.25) is 0 Å². The molecule has 80 valence electrons. The van der Waals surface area contributed by atoms with E-state index in [4.69, 9.17) is 11.6 Å². The van der Waals surface area contributed by atoms with E-state index in [1.54, 1.807) is 17.7 Å². The molecule has 0 radical (unpaired) electrons. The van der Waals surface area contributed by atoms with Gasteiger partial charge in [-0.25, -0.2) is 9.97 Å². The summed E-state index contributed by atoms with van der Waals surface area (Å²) in [7, 11) is 0. The van der Waals surface area contributed by atoms with Crippen molar-refractivity contribution in [3.8, 4) is 0 Å². The summed E-state index contributed by atoms with van der Waals surface area (Å²) < 4.78 is 0. The third kappa shape index (κ3) is 2.21. The molecule has 2 rings (SSSR count). The van der Waals surface area contributed by atoms with Gasteiger partial charge in [-0.2, -0.15) is 0 Å². The van der Waals surface area contributed by atoms with E-state index in [0.717, 1.165) is 29.0 Å². The monoisotopic (exact) mass is 241 g/mol. The third-order valence-corrected chi connectivity index (χ3v) is 3.49. The minimum Gasteiger partial charge on any atom is -0.368 e. The van der Waals surface area contributed by atoms with Gasteiger partial charge in [0.15, 0.2) is 0 Å². The van der Waals surface area contributed by atoms with Gasteiger partial charge in [0.05, 0.1) is 5.39 Å². The van der Waals surface area contributed by atoms with Crippen molar-refractivity contribution in [3.63, 3.8) is 0 Å². The summed E-state index contributed by atoms with van der Waals surface area (Å²) in [6.45, 7) is 2.87. The molecule has 2 aromatic heterocycles. The second-order valence-electron chi connectivity index (χ2n) is 3.12. The van der Waals surface area contributed by atoms with Gasteiger partial charge in [0.2, 0.25) is 0 Å². The molecule has 2 aromatic rings. The molecule has 0 fully saturated rings. The second kappa shape index (κ2) is 4.77. The number of alkyl halides is 1. The van der Waals surface area contributed by atoms with Crippen LogP contribution in [0.5, 0.6) is 0 Å².